The van der Waals surface area contributed by atoms with Crippen LogP contribution in [0.4, 0.5) is 8.78 Å². The van der Waals surface area contributed by atoms with Crippen LogP contribution >= 0.6 is 0 Å². The molecule has 1 aliphatic carbocycles. The van der Waals surface area contributed by atoms with Gasteiger partial charge >= 0.3 is 0 Å². The minimum atomic E-state index is -2.63. The van der Waals surface area contributed by atoms with Gasteiger partial charge in [0.15, 0.2) is 0 Å². The number of rotatable bonds is 2. The first kappa shape index (κ1) is 10.2. The van der Waals surface area contributed by atoms with Crippen molar-refractivity contribution < 1.29 is 8.78 Å². The number of hydrogen-bond donors (Lipinski definition) is 0. The van der Waals surface area contributed by atoms with Crippen LogP contribution in [-0.4, -0.2) is 4.98 Å². The van der Waals surface area contributed by atoms with Crippen LogP contribution in [0.25, 0.3) is 0 Å². The third-order valence-corrected chi connectivity index (χ3v) is 2.68. The second kappa shape index (κ2) is 3.70. The van der Waals surface area contributed by atoms with Gasteiger partial charge in [-0.2, -0.15) is 5.26 Å². The first-order chi connectivity index (χ1) is 7.13. The van der Waals surface area contributed by atoms with E-state index < -0.39 is 6.43 Å². The molecule has 0 amide bonds. The molecule has 0 unspecified atom stereocenters. The highest BCUT2D eigenvalue weighted by Gasteiger charge is 2.27. The normalized spacial score (nSPS) is 15.3. The number of nitriles is 1. The molecule has 2 nitrogen and oxygen atoms in total. The highest BCUT2D eigenvalue weighted by atomic mass is 32.1. The van der Waals surface area contributed by atoms with Crippen molar-refractivity contribution in [3.05, 3.63) is 22.9 Å². The van der Waals surface area contributed by atoms with Gasteiger partial charge in [0, 0.05) is 0 Å². The topological polar surface area (TPSA) is 36.7 Å². The molecule has 78 valence electrons. The van der Waals surface area contributed by atoms with Gasteiger partial charge in [-0.3, -0.25) is 4.98 Å². The van der Waals surface area contributed by atoms with Gasteiger partial charge in [-0.15, -0.1) is 0 Å². The zero-order chi connectivity index (χ0) is 11.0. The first-order valence-electron chi connectivity index (χ1n) is 4.53. The van der Waals surface area contributed by atoms with Gasteiger partial charge in [0.1, 0.15) is 5.69 Å². The van der Waals surface area contributed by atoms with E-state index in [1.165, 1.54) is 6.07 Å². The molecule has 0 spiro atoms. The van der Waals surface area contributed by atoms with Crippen LogP contribution in [0.5, 0.6) is 0 Å². The molecule has 0 radical (unpaired) electrons. The van der Waals surface area contributed by atoms with E-state index in [1.54, 1.807) is 0 Å². The van der Waals surface area contributed by atoms with Crippen LogP contribution in [0, 0.1) is 11.3 Å². The van der Waals surface area contributed by atoms with Gasteiger partial charge in [0.2, 0.25) is 0 Å². The van der Waals surface area contributed by atoms with Crippen molar-refractivity contribution in [2.45, 2.75) is 30.2 Å². The van der Waals surface area contributed by atoms with Gasteiger partial charge in [-0.05, 0) is 30.4 Å². The highest BCUT2D eigenvalue weighted by Crippen LogP contribution is 2.42. The zero-order valence-electron chi connectivity index (χ0n) is 7.70. The van der Waals surface area contributed by atoms with E-state index >= 15 is 0 Å². The third-order valence-electron chi connectivity index (χ3n) is 2.39. The van der Waals surface area contributed by atoms with E-state index in [-0.39, 0.29) is 22.2 Å². The molecule has 5 heteroatoms. The Morgan fingerprint density at radius 2 is 2.20 bits per heavy atom. The molecule has 1 aliphatic rings. The molecule has 1 saturated carbocycles. The summed E-state index contributed by atoms with van der Waals surface area (Å²) in [6, 6.07) is 3.26. The van der Waals surface area contributed by atoms with Crippen molar-refractivity contribution in [2.75, 3.05) is 0 Å². The molecular weight excluding hydrogens is 218 g/mol. The SMILES string of the molecule is N#Cc1c(C2CC2)cc(C(F)F)nc1[S-]. The Hall–Kier alpha value is -1.28. The molecule has 2 rings (SSSR count). The number of halogens is 2. The second-order valence-electron chi connectivity index (χ2n) is 3.50. The van der Waals surface area contributed by atoms with Crippen LogP contribution < -0.4 is 0 Å². The minimum Gasteiger partial charge on any atom is -0.759 e. The van der Waals surface area contributed by atoms with Crippen molar-refractivity contribution in [2.24, 2.45) is 0 Å². The zero-order valence-corrected chi connectivity index (χ0v) is 8.52. The molecular formula is C10H7F2N2S-. The van der Waals surface area contributed by atoms with Gasteiger partial charge in [0.05, 0.1) is 11.6 Å². The lowest BCUT2D eigenvalue weighted by Gasteiger charge is -2.14. The van der Waals surface area contributed by atoms with E-state index in [0.29, 0.717) is 5.56 Å². The number of aromatic nitrogens is 1. The largest absolute Gasteiger partial charge is 0.759 e. The molecule has 1 aromatic rings. The van der Waals surface area contributed by atoms with Gasteiger partial charge in [-0.25, -0.2) is 8.78 Å². The Kier molecular flexibility index (Phi) is 2.53. The van der Waals surface area contributed by atoms with Crippen molar-refractivity contribution >= 4 is 12.6 Å². The van der Waals surface area contributed by atoms with Gasteiger partial charge in [0.25, 0.3) is 6.43 Å². The predicted molar refractivity (Wildman–Crippen MR) is 51.5 cm³/mol. The molecule has 1 fully saturated rings. The average molecular weight is 225 g/mol. The first-order valence-corrected chi connectivity index (χ1v) is 4.94. The van der Waals surface area contributed by atoms with E-state index in [1.807, 2.05) is 6.07 Å². The highest BCUT2D eigenvalue weighted by molar-refractivity contribution is 7.58. The van der Waals surface area contributed by atoms with E-state index in [0.717, 1.165) is 12.8 Å². The van der Waals surface area contributed by atoms with Crippen LogP contribution in [-0.2, 0) is 12.6 Å². The fourth-order valence-corrected chi connectivity index (χ4v) is 1.77. The molecule has 1 aromatic heterocycles. The van der Waals surface area contributed by atoms with E-state index in [4.69, 9.17) is 17.9 Å². The maximum absolute atomic E-state index is 12.5. The molecule has 0 aliphatic heterocycles. The smallest absolute Gasteiger partial charge is 0.280 e. The summed E-state index contributed by atoms with van der Waals surface area (Å²) in [4.78, 5) is 3.56. The maximum Gasteiger partial charge on any atom is 0.280 e. The van der Waals surface area contributed by atoms with Crippen LogP contribution in [0.15, 0.2) is 11.1 Å². The van der Waals surface area contributed by atoms with Crippen LogP contribution in [0.1, 0.15) is 42.0 Å². The molecule has 0 aromatic carbocycles. The number of pyridine rings is 1. The predicted octanol–water partition coefficient (Wildman–Crippen LogP) is 2.67. The summed E-state index contributed by atoms with van der Waals surface area (Å²) in [5, 5.41) is 8.86. The van der Waals surface area contributed by atoms with Gasteiger partial charge < -0.3 is 12.6 Å². The molecule has 0 N–H and O–H groups in total. The minimum absolute atomic E-state index is 0.00259. The third kappa shape index (κ3) is 1.90. The maximum atomic E-state index is 12.5. The summed E-state index contributed by atoms with van der Waals surface area (Å²) in [5.74, 6) is 0.224. The van der Waals surface area contributed by atoms with Crippen LogP contribution in [0.2, 0.25) is 0 Å². The van der Waals surface area contributed by atoms with Gasteiger partial charge in [-0.1, -0.05) is 5.03 Å². The summed E-state index contributed by atoms with van der Waals surface area (Å²) >= 11 is 4.83. The number of alkyl halides is 2. The molecule has 0 atom stereocenters. The van der Waals surface area contributed by atoms with Crippen molar-refractivity contribution in [3.8, 4) is 6.07 Å². The van der Waals surface area contributed by atoms with E-state index in [9.17, 15) is 8.78 Å². The Balaban J connectivity index is 2.54. The number of hydrogen-bond acceptors (Lipinski definition) is 3. The summed E-state index contributed by atoms with van der Waals surface area (Å²) in [6.07, 6.45) is -0.747. The molecule has 0 bridgehead atoms. The van der Waals surface area contributed by atoms with E-state index in [2.05, 4.69) is 4.98 Å². The Bertz CT molecular complexity index is 436. The fraction of sp³-hybridized carbons (Fsp3) is 0.400. The summed E-state index contributed by atoms with van der Waals surface area (Å²) < 4.78 is 24.9. The lowest BCUT2D eigenvalue weighted by atomic mass is 10.1. The quantitative estimate of drug-likeness (QED) is 0.726. The van der Waals surface area contributed by atoms with Crippen molar-refractivity contribution in [3.63, 3.8) is 0 Å². The standard InChI is InChI=1S/C10H8F2N2S/c11-9(12)8-3-6(5-1-2-5)7(4-13)10(15)14-8/h3,5,9H,1-2H2,(H,14,15)/p-1. The summed E-state index contributed by atoms with van der Waals surface area (Å²) in [5.41, 5.74) is 0.616. The summed E-state index contributed by atoms with van der Waals surface area (Å²) in [6.45, 7) is 0. The lowest BCUT2D eigenvalue weighted by molar-refractivity contribution is 0.145. The van der Waals surface area contributed by atoms with Crippen molar-refractivity contribution in [1.29, 1.82) is 5.26 Å². The Morgan fingerprint density at radius 3 is 2.67 bits per heavy atom. The average Bonchev–Trinajstić information content (AvgIpc) is 2.99. The molecule has 0 saturated heterocycles. The van der Waals surface area contributed by atoms with Crippen molar-refractivity contribution in [1.82, 2.24) is 4.98 Å². The number of nitrogens with zero attached hydrogens (tertiary/aromatic N) is 2. The lowest BCUT2D eigenvalue weighted by Crippen LogP contribution is -2.00. The fourth-order valence-electron chi connectivity index (χ4n) is 1.50. The molecule has 15 heavy (non-hydrogen) atoms. The Morgan fingerprint density at radius 1 is 1.53 bits per heavy atom. The summed E-state index contributed by atoms with van der Waals surface area (Å²) in [7, 11) is 0. The molecule has 1 heterocycles. The monoisotopic (exact) mass is 225 g/mol. The second-order valence-corrected chi connectivity index (χ2v) is 3.89. The van der Waals surface area contributed by atoms with Crippen LogP contribution in [0.3, 0.4) is 0 Å². The Labute approximate surface area is 91.3 Å².